The summed E-state index contributed by atoms with van der Waals surface area (Å²) in [6, 6.07) is 14.8. The zero-order valence-electron chi connectivity index (χ0n) is 19.6. The van der Waals surface area contributed by atoms with Gasteiger partial charge in [-0.15, -0.1) is 0 Å². The number of carbonyl (C=O) groups excluding carboxylic acids is 2. The lowest BCUT2D eigenvalue weighted by Crippen LogP contribution is -2.28. The van der Waals surface area contributed by atoms with E-state index in [1.165, 1.54) is 6.33 Å². The molecule has 8 heteroatoms. The number of ketones is 1. The van der Waals surface area contributed by atoms with Crippen LogP contribution in [-0.2, 0) is 6.54 Å². The third-order valence-corrected chi connectivity index (χ3v) is 6.68. The molecule has 1 aliphatic rings. The Morgan fingerprint density at radius 1 is 1.09 bits per heavy atom. The molecule has 0 aliphatic heterocycles. The molecule has 0 atom stereocenters. The van der Waals surface area contributed by atoms with Gasteiger partial charge < -0.3 is 20.9 Å². The maximum atomic E-state index is 13.6. The molecule has 1 aliphatic carbocycles. The second-order valence-corrected chi connectivity index (χ2v) is 8.99. The second kappa shape index (κ2) is 9.58. The van der Waals surface area contributed by atoms with Crippen LogP contribution in [0.3, 0.4) is 0 Å². The Balaban J connectivity index is 1.37. The summed E-state index contributed by atoms with van der Waals surface area (Å²) < 4.78 is 2.08. The summed E-state index contributed by atoms with van der Waals surface area (Å²) >= 11 is 0. The van der Waals surface area contributed by atoms with Crippen LogP contribution in [0.25, 0.3) is 11.0 Å². The molecular weight excluding hydrogens is 440 g/mol. The maximum Gasteiger partial charge on any atom is 0.319 e. The van der Waals surface area contributed by atoms with Gasteiger partial charge in [0.05, 0.1) is 10.9 Å². The smallest absolute Gasteiger partial charge is 0.319 e. The number of amides is 2. The molecule has 1 saturated carbocycles. The Hall–Kier alpha value is -4.20. The summed E-state index contributed by atoms with van der Waals surface area (Å²) in [5.74, 6) is 0.108. The molecule has 35 heavy (non-hydrogen) atoms. The highest BCUT2D eigenvalue weighted by Crippen LogP contribution is 2.35. The molecular formula is C27H28N6O2. The number of nitrogens with one attached hydrogen (secondary N) is 2. The van der Waals surface area contributed by atoms with Crippen LogP contribution in [0, 0.1) is 6.92 Å². The fourth-order valence-corrected chi connectivity index (χ4v) is 4.79. The van der Waals surface area contributed by atoms with Gasteiger partial charge in [0.2, 0.25) is 0 Å². The third kappa shape index (κ3) is 4.59. The van der Waals surface area contributed by atoms with E-state index in [-0.39, 0.29) is 11.8 Å². The van der Waals surface area contributed by atoms with Crippen molar-refractivity contribution in [1.29, 1.82) is 0 Å². The van der Waals surface area contributed by atoms with Gasteiger partial charge in [-0.3, -0.25) is 4.79 Å². The number of urea groups is 1. The number of nitrogens with two attached hydrogens (primary N) is 1. The van der Waals surface area contributed by atoms with Crippen molar-refractivity contribution >= 4 is 34.4 Å². The highest BCUT2D eigenvalue weighted by atomic mass is 16.2. The standard InChI is InChI=1S/C27H28N6O2/c1-17-7-2-3-8-19(17)14-29-27(35)32-20-10-6-9-18(13-20)24(34)22-15-33(21-11-4-5-12-21)26-23(22)25(28)30-16-31-26/h2-3,6-10,13,15-16,21H,4-5,11-12,14H2,1H3,(H2,28,30,31)(H2,29,32,35). The highest BCUT2D eigenvalue weighted by Gasteiger charge is 2.25. The van der Waals surface area contributed by atoms with E-state index in [9.17, 15) is 9.59 Å². The molecule has 1 fully saturated rings. The average molecular weight is 469 g/mol. The largest absolute Gasteiger partial charge is 0.383 e. The zero-order chi connectivity index (χ0) is 24.4. The van der Waals surface area contributed by atoms with Gasteiger partial charge in [0.25, 0.3) is 0 Å². The number of benzene rings is 2. The van der Waals surface area contributed by atoms with Crippen molar-refractivity contribution in [3.8, 4) is 0 Å². The summed E-state index contributed by atoms with van der Waals surface area (Å²) in [4.78, 5) is 34.6. The predicted octanol–water partition coefficient (Wildman–Crippen LogP) is 4.99. The fourth-order valence-electron chi connectivity index (χ4n) is 4.79. The van der Waals surface area contributed by atoms with Crippen LogP contribution in [0.1, 0.15) is 58.8 Å². The predicted molar refractivity (Wildman–Crippen MR) is 136 cm³/mol. The van der Waals surface area contributed by atoms with Gasteiger partial charge in [-0.05, 0) is 43.0 Å². The molecule has 0 unspecified atom stereocenters. The number of hydrogen-bond donors (Lipinski definition) is 3. The molecule has 0 spiro atoms. The fraction of sp³-hybridized carbons (Fsp3) is 0.259. The van der Waals surface area contributed by atoms with Gasteiger partial charge in [0.1, 0.15) is 17.8 Å². The van der Waals surface area contributed by atoms with Crippen molar-refractivity contribution < 1.29 is 9.59 Å². The van der Waals surface area contributed by atoms with Crippen LogP contribution in [0.5, 0.6) is 0 Å². The van der Waals surface area contributed by atoms with Crippen molar-refractivity contribution in [2.45, 2.75) is 45.2 Å². The zero-order valence-corrected chi connectivity index (χ0v) is 19.6. The summed E-state index contributed by atoms with van der Waals surface area (Å²) in [5.41, 5.74) is 10.5. The molecule has 0 bridgehead atoms. The Labute approximate surface area is 203 Å². The van der Waals surface area contributed by atoms with Crippen molar-refractivity contribution in [3.05, 3.63) is 83.3 Å². The highest BCUT2D eigenvalue weighted by molar-refractivity contribution is 6.18. The molecule has 5 rings (SSSR count). The molecule has 178 valence electrons. The molecule has 2 aromatic carbocycles. The summed E-state index contributed by atoms with van der Waals surface area (Å²) in [6.45, 7) is 2.42. The number of fused-ring (bicyclic) bond motifs is 1. The number of aryl methyl sites for hydroxylation is 1. The first kappa shape index (κ1) is 22.6. The number of anilines is 2. The summed E-state index contributed by atoms with van der Waals surface area (Å²) in [5, 5.41) is 6.27. The van der Waals surface area contributed by atoms with E-state index in [0.29, 0.717) is 46.3 Å². The first-order valence-electron chi connectivity index (χ1n) is 11.9. The van der Waals surface area contributed by atoms with Crippen LogP contribution >= 0.6 is 0 Å². The number of carbonyl (C=O) groups is 2. The lowest BCUT2D eigenvalue weighted by molar-refractivity contribution is 0.104. The van der Waals surface area contributed by atoms with Crippen molar-refractivity contribution in [3.63, 3.8) is 0 Å². The second-order valence-electron chi connectivity index (χ2n) is 8.99. The quantitative estimate of drug-likeness (QED) is 0.345. The molecule has 4 aromatic rings. The van der Waals surface area contributed by atoms with Crippen molar-refractivity contribution in [2.24, 2.45) is 0 Å². The van der Waals surface area contributed by atoms with Gasteiger partial charge in [0, 0.05) is 30.0 Å². The lowest BCUT2D eigenvalue weighted by atomic mass is 10.0. The van der Waals surface area contributed by atoms with Gasteiger partial charge in [-0.2, -0.15) is 0 Å². The van der Waals surface area contributed by atoms with Crippen LogP contribution < -0.4 is 16.4 Å². The third-order valence-electron chi connectivity index (χ3n) is 6.68. The molecule has 4 N–H and O–H groups in total. The SMILES string of the molecule is Cc1ccccc1CNC(=O)Nc1cccc(C(=O)c2cn(C3CCCC3)c3ncnc(N)c23)c1. The summed E-state index contributed by atoms with van der Waals surface area (Å²) in [7, 11) is 0. The van der Waals surface area contributed by atoms with Gasteiger partial charge in [0.15, 0.2) is 5.78 Å². The van der Waals surface area contributed by atoms with Gasteiger partial charge in [-0.25, -0.2) is 14.8 Å². The molecule has 8 nitrogen and oxygen atoms in total. The minimum Gasteiger partial charge on any atom is -0.383 e. The van der Waals surface area contributed by atoms with E-state index >= 15 is 0 Å². The van der Waals surface area contributed by atoms with Gasteiger partial charge >= 0.3 is 6.03 Å². The molecule has 2 aromatic heterocycles. The van der Waals surface area contributed by atoms with Crippen LogP contribution in [0.15, 0.2) is 61.1 Å². The van der Waals surface area contributed by atoms with E-state index in [0.717, 1.165) is 36.8 Å². The molecule has 0 saturated heterocycles. The minimum absolute atomic E-state index is 0.183. The topological polar surface area (TPSA) is 115 Å². The first-order chi connectivity index (χ1) is 17.0. The van der Waals surface area contributed by atoms with Crippen LogP contribution in [-0.4, -0.2) is 26.3 Å². The van der Waals surface area contributed by atoms with E-state index in [1.807, 2.05) is 37.4 Å². The lowest BCUT2D eigenvalue weighted by Gasteiger charge is -2.12. The van der Waals surface area contributed by atoms with Gasteiger partial charge in [-0.1, -0.05) is 49.2 Å². The Bertz CT molecular complexity index is 1400. The molecule has 0 radical (unpaired) electrons. The van der Waals surface area contributed by atoms with E-state index in [4.69, 9.17) is 5.73 Å². The Morgan fingerprint density at radius 2 is 1.89 bits per heavy atom. The van der Waals surface area contributed by atoms with E-state index in [2.05, 4.69) is 25.2 Å². The van der Waals surface area contributed by atoms with Crippen molar-refractivity contribution in [1.82, 2.24) is 19.9 Å². The first-order valence-corrected chi connectivity index (χ1v) is 11.9. The van der Waals surface area contributed by atoms with Crippen LogP contribution in [0.2, 0.25) is 0 Å². The Kier molecular flexibility index (Phi) is 6.18. The molecule has 2 amide bonds. The Morgan fingerprint density at radius 3 is 2.69 bits per heavy atom. The minimum atomic E-state index is -0.340. The summed E-state index contributed by atoms with van der Waals surface area (Å²) in [6.07, 6.45) is 7.73. The average Bonchev–Trinajstić information content (AvgIpc) is 3.52. The molecule has 2 heterocycles. The number of aromatic nitrogens is 3. The van der Waals surface area contributed by atoms with Crippen molar-refractivity contribution in [2.75, 3.05) is 11.1 Å². The number of nitrogen functional groups attached to an aromatic ring is 1. The number of rotatable bonds is 6. The van der Waals surface area contributed by atoms with Crippen LogP contribution in [0.4, 0.5) is 16.3 Å². The van der Waals surface area contributed by atoms with E-state index in [1.54, 1.807) is 24.3 Å². The van der Waals surface area contributed by atoms with E-state index < -0.39 is 0 Å². The number of hydrogen-bond acceptors (Lipinski definition) is 5. The normalized spacial score (nSPS) is 13.7. The maximum absolute atomic E-state index is 13.6. The number of nitrogens with zero attached hydrogens (tertiary/aromatic N) is 3. The monoisotopic (exact) mass is 468 g/mol.